The quantitative estimate of drug-likeness (QED) is 0.259. The minimum absolute atomic E-state index is 0.315. The van der Waals surface area contributed by atoms with Crippen LogP contribution in [-0.2, 0) is 6.54 Å². The molecular formula is C29H25N3O2. The van der Waals surface area contributed by atoms with Crippen molar-refractivity contribution in [1.29, 1.82) is 0 Å². The molecule has 0 bridgehead atoms. The summed E-state index contributed by atoms with van der Waals surface area (Å²) in [6.07, 6.45) is 1.73. The normalized spacial score (nSPS) is 11.4. The van der Waals surface area contributed by atoms with Crippen LogP contribution in [0.5, 0.6) is 5.75 Å². The molecule has 0 aliphatic rings. The number of fused-ring (bicyclic) bond motifs is 2. The van der Waals surface area contributed by atoms with E-state index < -0.39 is 0 Å². The molecule has 0 aliphatic carbocycles. The first-order valence-electron chi connectivity index (χ1n) is 11.2. The molecule has 0 fully saturated rings. The van der Waals surface area contributed by atoms with Crippen LogP contribution in [0, 0.1) is 6.92 Å². The number of carbonyl (C=O) groups is 1. The monoisotopic (exact) mass is 447 g/mol. The van der Waals surface area contributed by atoms with E-state index in [4.69, 9.17) is 4.74 Å². The number of ether oxygens (including phenoxy) is 1. The topological polar surface area (TPSA) is 55.6 Å². The average molecular weight is 448 g/mol. The van der Waals surface area contributed by atoms with Gasteiger partial charge in [-0.25, -0.2) is 5.43 Å². The second-order valence-corrected chi connectivity index (χ2v) is 8.19. The van der Waals surface area contributed by atoms with E-state index in [1.807, 2.05) is 54.6 Å². The summed E-state index contributed by atoms with van der Waals surface area (Å²) >= 11 is 0. The zero-order valence-electron chi connectivity index (χ0n) is 19.2. The van der Waals surface area contributed by atoms with Gasteiger partial charge in [0.15, 0.2) is 0 Å². The number of para-hydroxylation sites is 1. The van der Waals surface area contributed by atoms with E-state index in [1.165, 1.54) is 5.56 Å². The van der Waals surface area contributed by atoms with Crippen molar-refractivity contribution in [3.63, 3.8) is 0 Å². The minimum Gasteiger partial charge on any atom is -0.496 e. The summed E-state index contributed by atoms with van der Waals surface area (Å²) in [6.45, 7) is 2.85. The van der Waals surface area contributed by atoms with E-state index in [-0.39, 0.29) is 5.91 Å². The fourth-order valence-corrected chi connectivity index (χ4v) is 4.37. The van der Waals surface area contributed by atoms with E-state index in [1.54, 1.807) is 13.3 Å². The Morgan fingerprint density at radius 1 is 0.941 bits per heavy atom. The summed E-state index contributed by atoms with van der Waals surface area (Å²) < 4.78 is 7.74. The lowest BCUT2D eigenvalue weighted by molar-refractivity contribution is 0.0952. The maximum Gasteiger partial charge on any atom is 0.275 e. The van der Waals surface area contributed by atoms with Gasteiger partial charge >= 0.3 is 0 Å². The van der Waals surface area contributed by atoms with E-state index in [9.17, 15) is 4.79 Å². The second kappa shape index (κ2) is 9.24. The molecule has 0 spiro atoms. The Morgan fingerprint density at radius 2 is 1.62 bits per heavy atom. The molecule has 1 heterocycles. The van der Waals surface area contributed by atoms with Crippen LogP contribution >= 0.6 is 0 Å². The Kier molecular flexibility index (Phi) is 5.83. The number of carbonyl (C=O) groups excluding carboxylic acids is 1. The molecule has 1 aromatic heterocycles. The number of rotatable bonds is 6. The van der Waals surface area contributed by atoms with Crippen molar-refractivity contribution in [2.24, 2.45) is 5.10 Å². The van der Waals surface area contributed by atoms with Crippen molar-refractivity contribution in [3.05, 3.63) is 113 Å². The van der Waals surface area contributed by atoms with E-state index >= 15 is 0 Å². The standard InChI is InChI=1S/C29H25N3O2/c1-20-26(24-14-8-9-15-27(24)32(20)19-21-10-4-3-5-11-21)18-30-31-29(33)25-16-22-12-6-7-13-23(22)17-28(25)34-2/h3-18H,19H2,1-2H3,(H,31,33)/b30-18-. The van der Waals surface area contributed by atoms with Crippen molar-refractivity contribution in [3.8, 4) is 5.75 Å². The Hall–Kier alpha value is -4.38. The van der Waals surface area contributed by atoms with Crippen LogP contribution in [0.15, 0.2) is 96.1 Å². The van der Waals surface area contributed by atoms with Crippen LogP contribution in [0.2, 0.25) is 0 Å². The van der Waals surface area contributed by atoms with Gasteiger partial charge < -0.3 is 9.30 Å². The van der Waals surface area contributed by atoms with Gasteiger partial charge in [0.05, 0.1) is 18.9 Å². The fraction of sp³-hybridized carbons (Fsp3) is 0.103. The molecule has 0 aliphatic heterocycles. The lowest BCUT2D eigenvalue weighted by Gasteiger charge is -2.09. The van der Waals surface area contributed by atoms with Gasteiger partial charge in [-0.2, -0.15) is 5.10 Å². The highest BCUT2D eigenvalue weighted by atomic mass is 16.5. The highest BCUT2D eigenvalue weighted by Crippen LogP contribution is 2.27. The van der Waals surface area contributed by atoms with Gasteiger partial charge in [0.2, 0.25) is 0 Å². The molecule has 0 saturated carbocycles. The molecule has 168 valence electrons. The van der Waals surface area contributed by atoms with Gasteiger partial charge in [0.25, 0.3) is 5.91 Å². The van der Waals surface area contributed by atoms with Crippen molar-refractivity contribution < 1.29 is 9.53 Å². The van der Waals surface area contributed by atoms with Crippen LogP contribution in [0.3, 0.4) is 0 Å². The van der Waals surface area contributed by atoms with Gasteiger partial charge in [-0.15, -0.1) is 0 Å². The maximum atomic E-state index is 12.9. The molecule has 0 radical (unpaired) electrons. The van der Waals surface area contributed by atoms with E-state index in [2.05, 4.69) is 58.4 Å². The highest BCUT2D eigenvalue weighted by Gasteiger charge is 2.15. The summed E-state index contributed by atoms with van der Waals surface area (Å²) in [4.78, 5) is 12.9. The number of benzene rings is 4. The van der Waals surface area contributed by atoms with Gasteiger partial charge in [-0.3, -0.25) is 4.79 Å². The molecule has 0 atom stereocenters. The number of nitrogens with one attached hydrogen (secondary N) is 1. The number of hydrogen-bond acceptors (Lipinski definition) is 3. The Bertz CT molecular complexity index is 1520. The smallest absolute Gasteiger partial charge is 0.275 e. The molecular weight excluding hydrogens is 422 g/mol. The zero-order chi connectivity index (χ0) is 23.5. The van der Waals surface area contributed by atoms with Gasteiger partial charge in [-0.05, 0) is 41.5 Å². The van der Waals surface area contributed by atoms with E-state index in [0.29, 0.717) is 11.3 Å². The Balaban J connectivity index is 1.44. The number of nitrogens with zero attached hydrogens (tertiary/aromatic N) is 2. The van der Waals surface area contributed by atoms with Crippen LogP contribution in [-0.4, -0.2) is 23.8 Å². The van der Waals surface area contributed by atoms with Crippen LogP contribution < -0.4 is 10.2 Å². The third-order valence-electron chi connectivity index (χ3n) is 6.14. The summed E-state index contributed by atoms with van der Waals surface area (Å²) in [7, 11) is 1.56. The van der Waals surface area contributed by atoms with Crippen molar-refractivity contribution >= 4 is 33.8 Å². The summed E-state index contributed by atoms with van der Waals surface area (Å²) in [5.41, 5.74) is 7.56. The SMILES string of the molecule is COc1cc2ccccc2cc1C(=O)N/N=C\c1c(C)n(Cc2ccccc2)c2ccccc12. The first-order chi connectivity index (χ1) is 16.7. The fourth-order valence-electron chi connectivity index (χ4n) is 4.37. The molecule has 1 N–H and O–H groups in total. The average Bonchev–Trinajstić information content (AvgIpc) is 3.14. The summed E-state index contributed by atoms with van der Waals surface area (Å²) in [6, 6.07) is 30.2. The third kappa shape index (κ3) is 4.04. The molecule has 1 amide bonds. The van der Waals surface area contributed by atoms with Crippen LogP contribution in [0.25, 0.3) is 21.7 Å². The highest BCUT2D eigenvalue weighted by molar-refractivity contribution is 6.04. The predicted molar refractivity (Wildman–Crippen MR) is 138 cm³/mol. The number of amides is 1. The molecule has 34 heavy (non-hydrogen) atoms. The Labute approximate surface area is 198 Å². The van der Waals surface area contributed by atoms with Gasteiger partial charge in [-0.1, -0.05) is 72.8 Å². The van der Waals surface area contributed by atoms with Crippen molar-refractivity contribution in [2.45, 2.75) is 13.5 Å². The number of hydrogen-bond donors (Lipinski definition) is 1. The second-order valence-electron chi connectivity index (χ2n) is 8.19. The van der Waals surface area contributed by atoms with Crippen molar-refractivity contribution in [2.75, 3.05) is 7.11 Å². The molecule has 5 heteroatoms. The molecule has 0 unspecified atom stereocenters. The van der Waals surface area contributed by atoms with E-state index in [0.717, 1.165) is 39.5 Å². The Morgan fingerprint density at radius 3 is 2.38 bits per heavy atom. The molecule has 0 saturated heterocycles. The summed E-state index contributed by atoms with van der Waals surface area (Å²) in [5.74, 6) is 0.201. The maximum absolute atomic E-state index is 12.9. The lowest BCUT2D eigenvalue weighted by atomic mass is 10.1. The predicted octanol–water partition coefficient (Wildman–Crippen LogP) is 5.92. The molecule has 5 rings (SSSR count). The largest absolute Gasteiger partial charge is 0.496 e. The van der Waals surface area contributed by atoms with Crippen LogP contribution in [0.1, 0.15) is 27.2 Å². The van der Waals surface area contributed by atoms with Gasteiger partial charge in [0, 0.05) is 28.7 Å². The first kappa shape index (κ1) is 21.5. The molecule has 5 aromatic rings. The minimum atomic E-state index is -0.315. The molecule has 4 aromatic carbocycles. The number of hydrazone groups is 1. The van der Waals surface area contributed by atoms with Gasteiger partial charge in [0.1, 0.15) is 5.75 Å². The van der Waals surface area contributed by atoms with Crippen LogP contribution in [0.4, 0.5) is 0 Å². The van der Waals surface area contributed by atoms with Crippen molar-refractivity contribution in [1.82, 2.24) is 9.99 Å². The zero-order valence-corrected chi connectivity index (χ0v) is 19.2. The lowest BCUT2D eigenvalue weighted by Crippen LogP contribution is -2.18. The molecule has 5 nitrogen and oxygen atoms in total. The number of methoxy groups -OCH3 is 1. The first-order valence-corrected chi connectivity index (χ1v) is 11.2. The summed E-state index contributed by atoms with van der Waals surface area (Å²) in [5, 5.41) is 7.39. The third-order valence-corrected chi connectivity index (χ3v) is 6.14. The number of aromatic nitrogens is 1.